The summed E-state index contributed by atoms with van der Waals surface area (Å²) in [5.74, 6) is 2.09. The number of piperazine rings is 1. The van der Waals surface area contributed by atoms with Gasteiger partial charge in [0.25, 0.3) is 5.91 Å². The standard InChI is InChI=1S/C18H26N4O2/c1-12(2)17-15(5-6-19-17)18(23)22-9-7-21(8-10-22)11-16-20-13(3)14(4)24-16/h5-6,12,19H,7-11H2,1-4H3. The third-order valence-corrected chi connectivity index (χ3v) is 4.68. The van der Waals surface area contributed by atoms with Crippen LogP contribution in [0.2, 0.25) is 0 Å². The summed E-state index contributed by atoms with van der Waals surface area (Å²) < 4.78 is 5.65. The number of hydrogen-bond donors (Lipinski definition) is 1. The van der Waals surface area contributed by atoms with Crippen LogP contribution in [-0.2, 0) is 6.54 Å². The summed E-state index contributed by atoms with van der Waals surface area (Å²) >= 11 is 0. The number of nitrogens with one attached hydrogen (secondary N) is 1. The van der Waals surface area contributed by atoms with Crippen molar-refractivity contribution < 1.29 is 9.21 Å². The topological polar surface area (TPSA) is 65.4 Å². The van der Waals surface area contributed by atoms with Gasteiger partial charge in [0.2, 0.25) is 5.89 Å². The molecule has 2 aromatic heterocycles. The Labute approximate surface area is 142 Å². The van der Waals surface area contributed by atoms with E-state index in [9.17, 15) is 4.79 Å². The molecule has 0 radical (unpaired) electrons. The van der Waals surface area contributed by atoms with Gasteiger partial charge in [0.05, 0.1) is 17.8 Å². The van der Waals surface area contributed by atoms with Gasteiger partial charge in [0, 0.05) is 38.1 Å². The first-order valence-electron chi connectivity index (χ1n) is 8.57. The van der Waals surface area contributed by atoms with Gasteiger partial charge in [-0.2, -0.15) is 0 Å². The summed E-state index contributed by atoms with van der Waals surface area (Å²) in [5, 5.41) is 0. The number of aromatic amines is 1. The molecule has 0 unspecified atom stereocenters. The Morgan fingerprint density at radius 3 is 2.58 bits per heavy atom. The SMILES string of the molecule is Cc1nc(CN2CCN(C(=O)c3cc[nH]c3C(C)C)CC2)oc1C. The van der Waals surface area contributed by atoms with E-state index in [1.165, 1.54) is 0 Å². The first-order valence-corrected chi connectivity index (χ1v) is 8.57. The van der Waals surface area contributed by atoms with Crippen LogP contribution in [0.3, 0.4) is 0 Å². The zero-order chi connectivity index (χ0) is 17.3. The minimum Gasteiger partial charge on any atom is -0.444 e. The second kappa shape index (κ2) is 6.81. The lowest BCUT2D eigenvalue weighted by molar-refractivity contribution is 0.0616. The fourth-order valence-corrected chi connectivity index (χ4v) is 3.12. The lowest BCUT2D eigenvalue weighted by Gasteiger charge is -2.34. The molecule has 0 spiro atoms. The number of amides is 1. The van der Waals surface area contributed by atoms with Crippen molar-refractivity contribution in [1.82, 2.24) is 19.8 Å². The van der Waals surface area contributed by atoms with Crippen LogP contribution in [0.5, 0.6) is 0 Å². The highest BCUT2D eigenvalue weighted by Gasteiger charge is 2.25. The molecule has 1 saturated heterocycles. The van der Waals surface area contributed by atoms with Crippen LogP contribution in [0.25, 0.3) is 0 Å². The molecule has 1 fully saturated rings. The predicted octanol–water partition coefficient (Wildman–Crippen LogP) is 2.70. The zero-order valence-corrected chi connectivity index (χ0v) is 14.9. The first-order chi connectivity index (χ1) is 11.5. The number of carbonyl (C=O) groups is 1. The molecule has 1 amide bonds. The van der Waals surface area contributed by atoms with Gasteiger partial charge in [-0.05, 0) is 25.8 Å². The highest BCUT2D eigenvalue weighted by Crippen LogP contribution is 2.20. The number of oxazole rings is 1. The molecule has 3 rings (SSSR count). The quantitative estimate of drug-likeness (QED) is 0.936. The van der Waals surface area contributed by atoms with Crippen LogP contribution in [0.15, 0.2) is 16.7 Å². The van der Waals surface area contributed by atoms with E-state index in [0.29, 0.717) is 12.5 Å². The molecule has 2 aromatic rings. The molecule has 1 N–H and O–H groups in total. The number of rotatable bonds is 4. The van der Waals surface area contributed by atoms with Gasteiger partial charge in [-0.1, -0.05) is 13.8 Å². The Kier molecular flexibility index (Phi) is 4.76. The Bertz CT molecular complexity index is 689. The maximum Gasteiger partial charge on any atom is 0.255 e. The Balaban J connectivity index is 1.58. The van der Waals surface area contributed by atoms with E-state index >= 15 is 0 Å². The molecule has 3 heterocycles. The van der Waals surface area contributed by atoms with Crippen molar-refractivity contribution in [3.8, 4) is 0 Å². The first kappa shape index (κ1) is 16.8. The fourth-order valence-electron chi connectivity index (χ4n) is 3.12. The molecule has 0 saturated carbocycles. The van der Waals surface area contributed by atoms with Crippen molar-refractivity contribution in [2.75, 3.05) is 26.2 Å². The van der Waals surface area contributed by atoms with Gasteiger partial charge >= 0.3 is 0 Å². The second-order valence-electron chi connectivity index (χ2n) is 6.78. The zero-order valence-electron chi connectivity index (χ0n) is 14.9. The average Bonchev–Trinajstić information content (AvgIpc) is 3.15. The van der Waals surface area contributed by atoms with Crippen molar-refractivity contribution in [1.29, 1.82) is 0 Å². The van der Waals surface area contributed by atoms with Gasteiger partial charge in [0.1, 0.15) is 5.76 Å². The summed E-state index contributed by atoms with van der Waals surface area (Å²) in [4.78, 5) is 24.6. The van der Waals surface area contributed by atoms with Crippen molar-refractivity contribution >= 4 is 5.91 Å². The summed E-state index contributed by atoms with van der Waals surface area (Å²) in [5.41, 5.74) is 2.78. The second-order valence-corrected chi connectivity index (χ2v) is 6.78. The van der Waals surface area contributed by atoms with E-state index in [-0.39, 0.29) is 5.91 Å². The van der Waals surface area contributed by atoms with Gasteiger partial charge in [-0.15, -0.1) is 0 Å². The number of nitrogens with zero attached hydrogens (tertiary/aromatic N) is 3. The fraction of sp³-hybridized carbons (Fsp3) is 0.556. The molecular weight excluding hydrogens is 304 g/mol. The lowest BCUT2D eigenvalue weighted by atomic mass is 10.1. The number of aromatic nitrogens is 2. The summed E-state index contributed by atoms with van der Waals surface area (Å²) in [6.45, 7) is 12.0. The molecule has 24 heavy (non-hydrogen) atoms. The van der Waals surface area contributed by atoms with Crippen LogP contribution in [-0.4, -0.2) is 51.9 Å². The van der Waals surface area contributed by atoms with E-state index in [1.54, 1.807) is 0 Å². The molecule has 1 aliphatic rings. The van der Waals surface area contributed by atoms with E-state index in [1.807, 2.05) is 31.0 Å². The molecule has 0 bridgehead atoms. The van der Waals surface area contributed by atoms with Crippen LogP contribution in [0.1, 0.15) is 53.2 Å². The maximum absolute atomic E-state index is 12.8. The molecule has 0 atom stereocenters. The molecule has 130 valence electrons. The van der Waals surface area contributed by atoms with E-state index in [4.69, 9.17) is 4.42 Å². The molecule has 0 aliphatic carbocycles. The van der Waals surface area contributed by atoms with Crippen LogP contribution < -0.4 is 0 Å². The minimum absolute atomic E-state index is 0.127. The van der Waals surface area contributed by atoms with Gasteiger partial charge in [0.15, 0.2) is 0 Å². The summed E-state index contributed by atoms with van der Waals surface area (Å²) in [6.07, 6.45) is 1.85. The van der Waals surface area contributed by atoms with Crippen molar-refractivity contribution in [3.63, 3.8) is 0 Å². The van der Waals surface area contributed by atoms with Crippen molar-refractivity contribution in [3.05, 3.63) is 40.9 Å². The van der Waals surface area contributed by atoms with Crippen molar-refractivity contribution in [2.45, 2.75) is 40.2 Å². The molecule has 1 aliphatic heterocycles. The van der Waals surface area contributed by atoms with Crippen LogP contribution in [0.4, 0.5) is 0 Å². The largest absolute Gasteiger partial charge is 0.444 e. The Morgan fingerprint density at radius 2 is 2.00 bits per heavy atom. The maximum atomic E-state index is 12.8. The highest BCUT2D eigenvalue weighted by molar-refractivity contribution is 5.95. The monoisotopic (exact) mass is 330 g/mol. The van der Waals surface area contributed by atoms with Crippen molar-refractivity contribution in [2.24, 2.45) is 0 Å². The van der Waals surface area contributed by atoms with Crippen LogP contribution in [0, 0.1) is 13.8 Å². The van der Waals surface area contributed by atoms with Gasteiger partial charge < -0.3 is 14.3 Å². The Hall–Kier alpha value is -2.08. The Morgan fingerprint density at radius 1 is 1.29 bits per heavy atom. The van der Waals surface area contributed by atoms with E-state index in [0.717, 1.165) is 54.8 Å². The summed E-state index contributed by atoms with van der Waals surface area (Å²) in [7, 11) is 0. The number of hydrogen-bond acceptors (Lipinski definition) is 4. The normalized spacial score (nSPS) is 16.1. The summed E-state index contributed by atoms with van der Waals surface area (Å²) in [6, 6.07) is 1.89. The minimum atomic E-state index is 0.127. The number of H-pyrrole nitrogens is 1. The molecular formula is C18H26N4O2. The molecule has 6 nitrogen and oxygen atoms in total. The van der Waals surface area contributed by atoms with Crippen LogP contribution >= 0.6 is 0 Å². The van der Waals surface area contributed by atoms with Gasteiger partial charge in [-0.25, -0.2) is 4.98 Å². The average molecular weight is 330 g/mol. The third kappa shape index (κ3) is 3.38. The number of carbonyl (C=O) groups excluding carboxylic acids is 1. The predicted molar refractivity (Wildman–Crippen MR) is 92.0 cm³/mol. The third-order valence-electron chi connectivity index (χ3n) is 4.68. The number of aryl methyl sites for hydroxylation is 2. The van der Waals surface area contributed by atoms with E-state index in [2.05, 4.69) is 28.7 Å². The van der Waals surface area contributed by atoms with Gasteiger partial charge in [-0.3, -0.25) is 9.69 Å². The highest BCUT2D eigenvalue weighted by atomic mass is 16.4. The van der Waals surface area contributed by atoms with E-state index < -0.39 is 0 Å². The lowest BCUT2D eigenvalue weighted by Crippen LogP contribution is -2.48. The smallest absolute Gasteiger partial charge is 0.255 e. The molecule has 6 heteroatoms. The molecule has 0 aromatic carbocycles.